The fraction of sp³-hybridized carbons (Fsp3) is 0.533. The first kappa shape index (κ1) is 11.6. The number of carbonyl (C=O) groups excluding carboxylic acids is 1. The number of rotatable bonds is 3. The highest BCUT2D eigenvalue weighted by Crippen LogP contribution is 2.39. The van der Waals surface area contributed by atoms with Gasteiger partial charge in [-0.1, -0.05) is 18.2 Å². The average Bonchev–Trinajstić information content (AvgIpc) is 3.08. The van der Waals surface area contributed by atoms with Crippen LogP contribution in [0.3, 0.4) is 0 Å². The zero-order valence-electron chi connectivity index (χ0n) is 11.0. The van der Waals surface area contributed by atoms with Crippen LogP contribution in [0.4, 0.5) is 5.69 Å². The standard InChI is InChI=1S/C15H20N2O/c1-15(2,11-7-8-11)17-14(18)13-9-10-5-3-4-6-12(10)16-13/h3-6,11,13,16H,7-9H2,1-2H3,(H,17,18)/t13-/m0/s1. The second-order valence-electron chi connectivity index (χ2n) is 6.04. The van der Waals surface area contributed by atoms with E-state index in [2.05, 4.69) is 30.5 Å². The number of para-hydroxylation sites is 1. The van der Waals surface area contributed by atoms with Crippen molar-refractivity contribution in [2.75, 3.05) is 5.32 Å². The number of anilines is 1. The monoisotopic (exact) mass is 244 g/mol. The normalized spacial score (nSPS) is 22.2. The Morgan fingerprint density at radius 1 is 1.33 bits per heavy atom. The molecule has 0 spiro atoms. The van der Waals surface area contributed by atoms with Gasteiger partial charge in [-0.15, -0.1) is 0 Å². The van der Waals surface area contributed by atoms with Crippen molar-refractivity contribution in [3.63, 3.8) is 0 Å². The molecule has 1 fully saturated rings. The van der Waals surface area contributed by atoms with E-state index in [4.69, 9.17) is 0 Å². The summed E-state index contributed by atoms with van der Waals surface area (Å²) in [7, 11) is 0. The molecule has 3 heteroatoms. The van der Waals surface area contributed by atoms with Gasteiger partial charge < -0.3 is 10.6 Å². The van der Waals surface area contributed by atoms with E-state index in [0.29, 0.717) is 5.92 Å². The number of nitrogens with one attached hydrogen (secondary N) is 2. The molecule has 1 saturated carbocycles. The lowest BCUT2D eigenvalue weighted by Crippen LogP contribution is -2.50. The Morgan fingerprint density at radius 2 is 2.06 bits per heavy atom. The van der Waals surface area contributed by atoms with Crippen molar-refractivity contribution in [2.24, 2.45) is 5.92 Å². The number of fused-ring (bicyclic) bond motifs is 1. The maximum atomic E-state index is 12.3. The molecule has 0 saturated heterocycles. The van der Waals surface area contributed by atoms with Crippen LogP contribution in [0.2, 0.25) is 0 Å². The van der Waals surface area contributed by atoms with Gasteiger partial charge in [-0.05, 0) is 44.2 Å². The van der Waals surface area contributed by atoms with Gasteiger partial charge in [0.05, 0.1) is 0 Å². The van der Waals surface area contributed by atoms with Crippen LogP contribution < -0.4 is 10.6 Å². The van der Waals surface area contributed by atoms with Crippen molar-refractivity contribution in [1.82, 2.24) is 5.32 Å². The fourth-order valence-electron chi connectivity index (χ4n) is 2.77. The summed E-state index contributed by atoms with van der Waals surface area (Å²) in [4.78, 5) is 12.3. The molecule has 0 radical (unpaired) electrons. The summed E-state index contributed by atoms with van der Waals surface area (Å²) in [5.74, 6) is 0.785. The molecule has 3 nitrogen and oxygen atoms in total. The summed E-state index contributed by atoms with van der Waals surface area (Å²) >= 11 is 0. The molecule has 0 aromatic heterocycles. The molecular formula is C15H20N2O. The molecule has 1 aliphatic carbocycles. The quantitative estimate of drug-likeness (QED) is 0.856. The average molecular weight is 244 g/mol. The fourth-order valence-corrected chi connectivity index (χ4v) is 2.77. The van der Waals surface area contributed by atoms with Gasteiger partial charge in [-0.2, -0.15) is 0 Å². The van der Waals surface area contributed by atoms with Crippen molar-refractivity contribution >= 4 is 11.6 Å². The van der Waals surface area contributed by atoms with Gasteiger partial charge in [-0.3, -0.25) is 4.79 Å². The summed E-state index contributed by atoms with van der Waals surface area (Å²) in [6.07, 6.45) is 3.28. The maximum absolute atomic E-state index is 12.3. The second-order valence-corrected chi connectivity index (χ2v) is 6.04. The topological polar surface area (TPSA) is 41.1 Å². The number of benzene rings is 1. The Kier molecular flexibility index (Phi) is 2.58. The van der Waals surface area contributed by atoms with Crippen molar-refractivity contribution in [3.8, 4) is 0 Å². The van der Waals surface area contributed by atoms with Gasteiger partial charge in [0.2, 0.25) is 5.91 Å². The molecule has 2 aliphatic rings. The molecule has 0 bridgehead atoms. The van der Waals surface area contributed by atoms with E-state index in [1.807, 2.05) is 18.2 Å². The highest BCUT2D eigenvalue weighted by molar-refractivity contribution is 5.87. The predicted molar refractivity (Wildman–Crippen MR) is 72.5 cm³/mol. The summed E-state index contributed by atoms with van der Waals surface area (Å²) in [6.45, 7) is 4.26. The molecule has 96 valence electrons. The number of hydrogen-bond donors (Lipinski definition) is 2. The lowest BCUT2D eigenvalue weighted by molar-refractivity contribution is -0.123. The van der Waals surface area contributed by atoms with Gasteiger partial charge in [0, 0.05) is 17.6 Å². The van der Waals surface area contributed by atoms with E-state index in [1.54, 1.807) is 0 Å². The van der Waals surface area contributed by atoms with Crippen LogP contribution in [-0.4, -0.2) is 17.5 Å². The first-order chi connectivity index (χ1) is 8.56. The maximum Gasteiger partial charge on any atom is 0.243 e. The number of amides is 1. The summed E-state index contributed by atoms with van der Waals surface area (Å²) in [5.41, 5.74) is 2.27. The summed E-state index contributed by atoms with van der Waals surface area (Å²) in [5, 5.41) is 6.50. The lowest BCUT2D eigenvalue weighted by Gasteiger charge is -2.28. The third-order valence-corrected chi connectivity index (χ3v) is 4.13. The van der Waals surface area contributed by atoms with Crippen molar-refractivity contribution in [3.05, 3.63) is 29.8 Å². The predicted octanol–water partition coefficient (Wildman–Crippen LogP) is 2.33. The van der Waals surface area contributed by atoms with Crippen LogP contribution in [0.25, 0.3) is 0 Å². The first-order valence-electron chi connectivity index (χ1n) is 6.73. The van der Waals surface area contributed by atoms with E-state index < -0.39 is 0 Å². The molecule has 1 aromatic carbocycles. The number of hydrogen-bond acceptors (Lipinski definition) is 2. The molecule has 3 rings (SSSR count). The Bertz CT molecular complexity index is 452. The molecule has 0 unspecified atom stereocenters. The Balaban J connectivity index is 1.65. The minimum absolute atomic E-state index is 0.0620. The van der Waals surface area contributed by atoms with E-state index in [-0.39, 0.29) is 17.5 Å². The van der Waals surface area contributed by atoms with E-state index in [1.165, 1.54) is 18.4 Å². The highest BCUT2D eigenvalue weighted by atomic mass is 16.2. The van der Waals surface area contributed by atoms with Gasteiger partial charge in [0.25, 0.3) is 0 Å². The minimum atomic E-state index is -0.111. The van der Waals surface area contributed by atoms with Gasteiger partial charge in [0.1, 0.15) is 6.04 Å². The zero-order chi connectivity index (χ0) is 12.8. The summed E-state index contributed by atoms with van der Waals surface area (Å²) in [6, 6.07) is 8.03. The van der Waals surface area contributed by atoms with Crippen molar-refractivity contribution < 1.29 is 4.79 Å². The molecule has 18 heavy (non-hydrogen) atoms. The van der Waals surface area contributed by atoms with Crippen molar-refractivity contribution in [2.45, 2.75) is 44.7 Å². The van der Waals surface area contributed by atoms with E-state index in [0.717, 1.165) is 12.1 Å². The highest BCUT2D eigenvalue weighted by Gasteiger charge is 2.40. The molecule has 1 aromatic rings. The van der Waals surface area contributed by atoms with E-state index >= 15 is 0 Å². The van der Waals surface area contributed by atoms with Crippen LogP contribution in [0.1, 0.15) is 32.3 Å². The van der Waals surface area contributed by atoms with Crippen LogP contribution >= 0.6 is 0 Å². The van der Waals surface area contributed by atoms with Crippen LogP contribution in [0.15, 0.2) is 24.3 Å². The molecule has 2 N–H and O–H groups in total. The van der Waals surface area contributed by atoms with Crippen LogP contribution in [-0.2, 0) is 11.2 Å². The molecule has 1 heterocycles. The molecular weight excluding hydrogens is 224 g/mol. The number of carbonyl (C=O) groups is 1. The first-order valence-corrected chi connectivity index (χ1v) is 6.73. The molecule has 1 amide bonds. The SMILES string of the molecule is CC(C)(NC(=O)[C@@H]1Cc2ccccc2N1)C1CC1. The minimum Gasteiger partial charge on any atom is -0.373 e. The Labute approximate surface area is 108 Å². The van der Waals surface area contributed by atoms with Crippen LogP contribution in [0.5, 0.6) is 0 Å². The van der Waals surface area contributed by atoms with Gasteiger partial charge in [0.15, 0.2) is 0 Å². The Hall–Kier alpha value is -1.51. The van der Waals surface area contributed by atoms with Crippen LogP contribution in [0, 0.1) is 5.92 Å². The third kappa shape index (κ3) is 2.09. The van der Waals surface area contributed by atoms with Gasteiger partial charge >= 0.3 is 0 Å². The third-order valence-electron chi connectivity index (χ3n) is 4.13. The largest absolute Gasteiger partial charge is 0.373 e. The lowest BCUT2D eigenvalue weighted by atomic mass is 9.98. The second kappa shape index (κ2) is 4.01. The van der Waals surface area contributed by atoms with Crippen molar-refractivity contribution in [1.29, 1.82) is 0 Å². The van der Waals surface area contributed by atoms with E-state index in [9.17, 15) is 4.79 Å². The molecule has 1 aliphatic heterocycles. The smallest absolute Gasteiger partial charge is 0.243 e. The van der Waals surface area contributed by atoms with Gasteiger partial charge in [-0.25, -0.2) is 0 Å². The Morgan fingerprint density at radius 3 is 2.72 bits per heavy atom. The molecule has 1 atom stereocenters. The summed E-state index contributed by atoms with van der Waals surface area (Å²) < 4.78 is 0. The zero-order valence-corrected chi connectivity index (χ0v) is 11.0.